The molecule has 2 aromatic heterocycles. The lowest BCUT2D eigenvalue weighted by Gasteiger charge is -2.37. The van der Waals surface area contributed by atoms with Gasteiger partial charge in [-0.15, -0.1) is 11.3 Å². The first-order valence-corrected chi connectivity index (χ1v) is 22.6. The van der Waals surface area contributed by atoms with Crippen molar-refractivity contribution in [3.8, 4) is 50.2 Å². The van der Waals surface area contributed by atoms with E-state index in [2.05, 4.69) is 205 Å². The van der Waals surface area contributed by atoms with Crippen LogP contribution in [-0.4, -0.2) is 12.6 Å². The lowest BCUT2D eigenvalue weighted by Crippen LogP contribution is -2.75. The van der Waals surface area contributed by atoms with Gasteiger partial charge in [0.05, 0.1) is 11.0 Å². The summed E-state index contributed by atoms with van der Waals surface area (Å²) in [5.74, 6) is 0. The number of hydrogen-bond donors (Lipinski definition) is 0. The third kappa shape index (κ3) is 4.12. The van der Waals surface area contributed by atoms with E-state index in [0.717, 1.165) is 0 Å². The van der Waals surface area contributed by atoms with Crippen molar-refractivity contribution >= 4 is 82.1 Å². The summed E-state index contributed by atoms with van der Waals surface area (Å²) in [5, 5.41) is 11.0. The maximum Gasteiger partial charge on any atom is 0.182 e. The molecule has 9 aromatic carbocycles. The van der Waals surface area contributed by atoms with Crippen molar-refractivity contribution in [1.82, 2.24) is 4.57 Å². The van der Waals surface area contributed by atoms with E-state index < -0.39 is 8.07 Å². The Balaban J connectivity index is 1.17. The number of nitrogens with zero attached hydrogens (tertiary/aromatic N) is 1. The molecule has 264 valence electrons. The normalized spacial score (nSPS) is 15.1. The van der Waals surface area contributed by atoms with Crippen LogP contribution in [0.25, 0.3) is 92.2 Å². The van der Waals surface area contributed by atoms with Crippen molar-refractivity contribution in [2.75, 3.05) is 0 Å². The zero-order valence-electron chi connectivity index (χ0n) is 30.9. The topological polar surface area (TPSA) is 4.93 Å². The lowest BCUT2D eigenvalue weighted by atomic mass is 9.93. The van der Waals surface area contributed by atoms with Gasteiger partial charge in [-0.1, -0.05) is 158 Å². The molecule has 3 heteroatoms. The summed E-state index contributed by atoms with van der Waals surface area (Å²) in [5.41, 5.74) is 14.2. The molecular formula is C54H33NSSi. The van der Waals surface area contributed by atoms with Crippen LogP contribution in [0.15, 0.2) is 200 Å². The highest BCUT2D eigenvalue weighted by atomic mass is 32.1. The Kier molecular flexibility index (Phi) is 6.41. The molecule has 0 N–H and O–H groups in total. The Morgan fingerprint density at radius 2 is 0.737 bits per heavy atom. The van der Waals surface area contributed by atoms with Gasteiger partial charge in [-0.25, -0.2) is 0 Å². The summed E-state index contributed by atoms with van der Waals surface area (Å²) < 4.78 is 5.14. The Bertz CT molecular complexity index is 3440. The predicted octanol–water partition coefficient (Wildman–Crippen LogP) is 11.8. The van der Waals surface area contributed by atoms with E-state index in [1.165, 1.54) is 113 Å². The third-order valence-corrected chi connectivity index (χ3v) is 19.0. The van der Waals surface area contributed by atoms with Crippen molar-refractivity contribution in [1.29, 1.82) is 0 Å². The van der Waals surface area contributed by atoms with Crippen LogP contribution in [0.3, 0.4) is 0 Å². The van der Waals surface area contributed by atoms with Crippen molar-refractivity contribution in [2.24, 2.45) is 0 Å². The minimum absolute atomic E-state index is 1.18. The largest absolute Gasteiger partial charge is 0.309 e. The van der Waals surface area contributed by atoms with Crippen molar-refractivity contribution < 1.29 is 0 Å². The molecule has 1 nitrogen and oxygen atoms in total. The summed E-state index contributed by atoms with van der Waals surface area (Å²) in [6.45, 7) is 0. The van der Waals surface area contributed by atoms with Gasteiger partial charge in [-0.05, 0) is 108 Å². The quantitative estimate of drug-likeness (QED) is 0.147. The van der Waals surface area contributed by atoms with Crippen LogP contribution in [0, 0.1) is 0 Å². The summed E-state index contributed by atoms with van der Waals surface area (Å²) >= 11 is 1.91. The van der Waals surface area contributed by atoms with Crippen LogP contribution in [0.4, 0.5) is 0 Å². The molecule has 0 radical (unpaired) electrons. The molecule has 1 atom stereocenters. The summed E-state index contributed by atoms with van der Waals surface area (Å²) in [7, 11) is -3.03. The van der Waals surface area contributed by atoms with Gasteiger partial charge in [0.1, 0.15) is 0 Å². The molecule has 0 bridgehead atoms. The zero-order valence-corrected chi connectivity index (χ0v) is 32.7. The van der Waals surface area contributed by atoms with Crippen LogP contribution < -0.4 is 20.7 Å². The average Bonchev–Trinajstić information content (AvgIpc) is 3.75. The molecule has 0 saturated carbocycles. The fourth-order valence-electron chi connectivity index (χ4n) is 10.6. The van der Waals surface area contributed by atoms with Gasteiger partial charge in [0.2, 0.25) is 0 Å². The number of para-hydroxylation sites is 2. The maximum absolute atomic E-state index is 3.03. The lowest BCUT2D eigenvalue weighted by molar-refractivity contribution is 1.18. The Morgan fingerprint density at radius 3 is 1.32 bits per heavy atom. The first kappa shape index (κ1) is 31.4. The molecule has 0 aliphatic carbocycles. The third-order valence-electron chi connectivity index (χ3n) is 12.8. The Hall–Kier alpha value is -6.78. The number of fused-ring (bicyclic) bond motifs is 20. The average molecular weight is 756 g/mol. The van der Waals surface area contributed by atoms with Crippen LogP contribution in [0.2, 0.25) is 0 Å². The fourth-order valence-corrected chi connectivity index (χ4v) is 17.3. The maximum atomic E-state index is 2.51. The number of hydrogen-bond acceptors (Lipinski definition) is 1. The molecule has 2 aliphatic heterocycles. The van der Waals surface area contributed by atoms with Crippen molar-refractivity contribution in [2.45, 2.75) is 0 Å². The minimum Gasteiger partial charge on any atom is -0.309 e. The second-order valence-corrected chi connectivity index (χ2v) is 20.3. The SMILES string of the molecule is c1ccc2c(c1)-c1ccc(-n3c4ccccc4c4ccccc43)cc1-c1ccccc1[Si]21c2ccccc2-c2cc3sc4ccccc4c3cc2-c2ccccc21. The zero-order chi connectivity index (χ0) is 37.2. The molecule has 57 heavy (non-hydrogen) atoms. The molecule has 11 aromatic rings. The predicted molar refractivity (Wildman–Crippen MR) is 246 cm³/mol. The molecule has 4 heterocycles. The summed E-state index contributed by atoms with van der Waals surface area (Å²) in [6.07, 6.45) is 0. The van der Waals surface area contributed by atoms with Gasteiger partial charge in [0.15, 0.2) is 8.07 Å². The molecule has 0 saturated heterocycles. The van der Waals surface area contributed by atoms with Crippen LogP contribution in [0.1, 0.15) is 0 Å². The number of rotatable bonds is 1. The van der Waals surface area contributed by atoms with Crippen LogP contribution >= 0.6 is 11.3 Å². The fraction of sp³-hybridized carbons (Fsp3) is 0. The van der Waals surface area contributed by atoms with E-state index in [-0.39, 0.29) is 0 Å². The van der Waals surface area contributed by atoms with E-state index in [1.807, 2.05) is 11.3 Å². The highest BCUT2D eigenvalue weighted by molar-refractivity contribution is 7.26. The van der Waals surface area contributed by atoms with Crippen molar-refractivity contribution in [3.63, 3.8) is 0 Å². The molecule has 13 rings (SSSR count). The molecule has 0 fully saturated rings. The Morgan fingerprint density at radius 1 is 0.298 bits per heavy atom. The van der Waals surface area contributed by atoms with E-state index in [0.29, 0.717) is 0 Å². The summed E-state index contributed by atoms with van der Waals surface area (Å²) in [6, 6.07) is 76.3. The van der Waals surface area contributed by atoms with E-state index in [1.54, 1.807) is 0 Å². The number of benzene rings is 9. The first-order valence-electron chi connectivity index (χ1n) is 19.8. The van der Waals surface area contributed by atoms with Gasteiger partial charge in [0, 0.05) is 36.6 Å². The molecule has 0 amide bonds. The monoisotopic (exact) mass is 755 g/mol. The van der Waals surface area contributed by atoms with E-state index in [4.69, 9.17) is 0 Å². The van der Waals surface area contributed by atoms with E-state index >= 15 is 0 Å². The smallest absolute Gasteiger partial charge is 0.182 e. The van der Waals surface area contributed by atoms with Crippen LogP contribution in [-0.2, 0) is 0 Å². The van der Waals surface area contributed by atoms with Gasteiger partial charge in [0.25, 0.3) is 0 Å². The second kappa shape index (κ2) is 11.6. The van der Waals surface area contributed by atoms with Gasteiger partial charge < -0.3 is 4.57 Å². The second-order valence-electron chi connectivity index (χ2n) is 15.5. The highest BCUT2D eigenvalue weighted by Gasteiger charge is 2.50. The molecular weight excluding hydrogens is 723 g/mol. The molecule has 1 unspecified atom stereocenters. The van der Waals surface area contributed by atoms with E-state index in [9.17, 15) is 0 Å². The highest BCUT2D eigenvalue weighted by Crippen LogP contribution is 2.45. The van der Waals surface area contributed by atoms with Gasteiger partial charge in [-0.3, -0.25) is 0 Å². The van der Waals surface area contributed by atoms with Crippen molar-refractivity contribution in [3.05, 3.63) is 200 Å². The van der Waals surface area contributed by atoms with Gasteiger partial charge >= 0.3 is 0 Å². The van der Waals surface area contributed by atoms with Gasteiger partial charge in [-0.2, -0.15) is 0 Å². The minimum atomic E-state index is -3.03. The van der Waals surface area contributed by atoms with Crippen LogP contribution in [0.5, 0.6) is 0 Å². The Labute approximate surface area is 335 Å². The first-order chi connectivity index (χ1) is 28.3. The molecule has 1 spiro atoms. The standard InChI is InChI=1S/C54H33NSSi/c1-8-22-47-36(15-1)37-16-2-9-23-48(37)55(47)34-29-30-35-39-18-4-11-25-51(39)57(52-26-12-5-19-40(52)43(35)31-34)53-27-13-6-20-41(53)44-32-46-38-17-3-10-24-49(38)56-50(46)33-45(44)42-21-7-14-28-54(42)57/h1-33H. The number of thiophene rings is 1. The molecule has 2 aliphatic rings. The number of aromatic nitrogens is 1. The summed E-state index contributed by atoms with van der Waals surface area (Å²) in [4.78, 5) is 0.